The number of thioether (sulfide) groups is 1. The predicted octanol–water partition coefficient (Wildman–Crippen LogP) is 9.01. The molecule has 0 atom stereocenters. The summed E-state index contributed by atoms with van der Waals surface area (Å²) in [6.07, 6.45) is 2.64. The quantitative estimate of drug-likeness (QED) is 0.231. The van der Waals surface area contributed by atoms with Crippen LogP contribution in [0.25, 0.3) is 6.08 Å². The molecule has 3 aromatic rings. The molecule has 1 saturated heterocycles. The van der Waals surface area contributed by atoms with Crippen LogP contribution in [0.2, 0.25) is 15.1 Å². The lowest BCUT2D eigenvalue weighted by Crippen LogP contribution is -2.29. The summed E-state index contributed by atoms with van der Waals surface area (Å²) in [4.78, 5) is 20.2. The van der Waals surface area contributed by atoms with Gasteiger partial charge in [-0.05, 0) is 99.8 Å². The first-order valence-electron chi connectivity index (χ1n) is 11.3. The Hall–Kier alpha value is -2.16. The van der Waals surface area contributed by atoms with Crippen molar-refractivity contribution in [3.05, 3.63) is 90.2 Å². The van der Waals surface area contributed by atoms with Gasteiger partial charge in [-0.25, -0.2) is 4.99 Å². The number of rotatable bonds is 8. The summed E-state index contributed by atoms with van der Waals surface area (Å²) in [5.74, 6) is 0.977. The van der Waals surface area contributed by atoms with Crippen molar-refractivity contribution >= 4 is 85.3 Å². The lowest BCUT2D eigenvalue weighted by molar-refractivity contribution is -0.122. The van der Waals surface area contributed by atoms with Gasteiger partial charge < -0.3 is 9.47 Å². The van der Waals surface area contributed by atoms with Gasteiger partial charge in [0.15, 0.2) is 16.7 Å². The molecule has 1 heterocycles. The summed E-state index contributed by atoms with van der Waals surface area (Å²) >= 11 is 23.0. The molecule has 1 aliphatic rings. The number of ether oxygens (including phenoxy) is 2. The molecule has 0 bridgehead atoms. The van der Waals surface area contributed by atoms with Gasteiger partial charge in [0.25, 0.3) is 5.91 Å². The third-order valence-corrected chi connectivity index (χ3v) is 7.89. The van der Waals surface area contributed by atoms with E-state index in [1.54, 1.807) is 36.3 Å². The predicted molar refractivity (Wildman–Crippen MR) is 158 cm³/mol. The average Bonchev–Trinajstić information content (AvgIpc) is 3.15. The van der Waals surface area contributed by atoms with E-state index in [-0.39, 0.29) is 12.5 Å². The topological polar surface area (TPSA) is 51.1 Å². The first-order chi connectivity index (χ1) is 17.8. The molecule has 0 unspecified atom stereocenters. The molecule has 37 heavy (non-hydrogen) atoms. The number of amides is 1. The second kappa shape index (κ2) is 12.6. The van der Waals surface area contributed by atoms with E-state index >= 15 is 0 Å². The summed E-state index contributed by atoms with van der Waals surface area (Å²) in [5.41, 5.74) is 2.38. The van der Waals surface area contributed by atoms with Crippen LogP contribution in [-0.2, 0) is 11.4 Å². The second-order valence-electron chi connectivity index (χ2n) is 8.01. The fourth-order valence-corrected chi connectivity index (χ4v) is 5.58. The zero-order valence-corrected chi connectivity index (χ0v) is 24.6. The maximum atomic E-state index is 13.2. The van der Waals surface area contributed by atoms with Crippen molar-refractivity contribution in [3.8, 4) is 11.5 Å². The van der Waals surface area contributed by atoms with Crippen LogP contribution in [0.15, 0.2) is 69.0 Å². The zero-order valence-electron chi connectivity index (χ0n) is 19.9. The number of benzene rings is 3. The van der Waals surface area contributed by atoms with Crippen molar-refractivity contribution in [2.45, 2.75) is 20.0 Å². The van der Waals surface area contributed by atoms with E-state index in [4.69, 9.17) is 44.3 Å². The molecule has 3 aromatic carbocycles. The minimum atomic E-state index is -0.0883. The SMILES string of the molecule is CCCN1C(=O)/C(=C/c2cc(Br)c(OCc3ccc(Cl)c(Cl)c3)c(OC)c2)SC1=Nc1ccc(Cl)cc1. The molecule has 1 fully saturated rings. The number of amidine groups is 1. The first-order valence-corrected chi connectivity index (χ1v) is 14.0. The van der Waals surface area contributed by atoms with Gasteiger partial charge in [0.2, 0.25) is 0 Å². The Balaban J connectivity index is 1.59. The molecule has 1 aliphatic heterocycles. The lowest BCUT2D eigenvalue weighted by Gasteiger charge is -2.14. The Morgan fingerprint density at radius 3 is 2.49 bits per heavy atom. The standard InChI is InChI=1S/C27H22BrCl3N2O3S/c1-3-10-33-26(34)24(37-27(33)32-19-7-5-18(29)6-8-19)14-17-11-20(28)25(23(13-17)35-2)36-15-16-4-9-21(30)22(31)12-16/h4-9,11-14H,3,10,15H2,1-2H3/b24-14-,32-27?. The van der Waals surface area contributed by atoms with E-state index in [1.165, 1.54) is 11.8 Å². The van der Waals surface area contributed by atoms with Gasteiger partial charge in [-0.3, -0.25) is 9.69 Å². The smallest absolute Gasteiger partial charge is 0.266 e. The van der Waals surface area contributed by atoms with Crippen LogP contribution in [0.5, 0.6) is 11.5 Å². The minimum Gasteiger partial charge on any atom is -0.493 e. The van der Waals surface area contributed by atoms with Gasteiger partial charge >= 0.3 is 0 Å². The Bertz CT molecular complexity index is 1380. The largest absolute Gasteiger partial charge is 0.493 e. The van der Waals surface area contributed by atoms with E-state index in [1.807, 2.05) is 43.3 Å². The minimum absolute atomic E-state index is 0.0883. The normalized spacial score (nSPS) is 15.6. The highest BCUT2D eigenvalue weighted by atomic mass is 79.9. The van der Waals surface area contributed by atoms with E-state index in [0.29, 0.717) is 47.7 Å². The highest BCUT2D eigenvalue weighted by Crippen LogP contribution is 2.40. The van der Waals surface area contributed by atoms with Gasteiger partial charge in [-0.15, -0.1) is 0 Å². The van der Waals surface area contributed by atoms with Crippen LogP contribution in [0.3, 0.4) is 0 Å². The third kappa shape index (κ3) is 6.84. The summed E-state index contributed by atoms with van der Waals surface area (Å²) in [6, 6.07) is 16.2. The Labute approximate surface area is 243 Å². The van der Waals surface area contributed by atoms with E-state index < -0.39 is 0 Å². The molecule has 1 amide bonds. The molecular formula is C27H22BrCl3N2O3S. The van der Waals surface area contributed by atoms with Crippen molar-refractivity contribution in [1.82, 2.24) is 4.90 Å². The maximum Gasteiger partial charge on any atom is 0.266 e. The molecule has 5 nitrogen and oxygen atoms in total. The third-order valence-electron chi connectivity index (χ3n) is 5.30. The van der Waals surface area contributed by atoms with Crippen LogP contribution in [-0.4, -0.2) is 29.6 Å². The fraction of sp³-hybridized carbons (Fsp3) is 0.185. The number of carbonyl (C=O) groups excluding carboxylic acids is 1. The number of methoxy groups -OCH3 is 1. The number of halogens is 4. The van der Waals surface area contributed by atoms with Crippen LogP contribution >= 0.6 is 62.5 Å². The zero-order chi connectivity index (χ0) is 26.5. The maximum absolute atomic E-state index is 13.2. The van der Waals surface area contributed by atoms with Gasteiger partial charge in [-0.2, -0.15) is 0 Å². The first kappa shape index (κ1) is 27.9. The second-order valence-corrected chi connectivity index (χ2v) is 11.1. The Morgan fingerprint density at radius 1 is 1.05 bits per heavy atom. The summed E-state index contributed by atoms with van der Waals surface area (Å²) in [6.45, 7) is 2.87. The molecule has 0 spiro atoms. The summed E-state index contributed by atoms with van der Waals surface area (Å²) < 4.78 is 12.3. The monoisotopic (exact) mass is 638 g/mol. The molecule has 0 aromatic heterocycles. The molecule has 0 radical (unpaired) electrons. The summed E-state index contributed by atoms with van der Waals surface area (Å²) in [7, 11) is 1.57. The highest BCUT2D eigenvalue weighted by molar-refractivity contribution is 9.10. The van der Waals surface area contributed by atoms with Crippen molar-refractivity contribution in [2.24, 2.45) is 4.99 Å². The van der Waals surface area contributed by atoms with Crippen molar-refractivity contribution in [2.75, 3.05) is 13.7 Å². The number of nitrogens with zero attached hydrogens (tertiary/aromatic N) is 2. The highest BCUT2D eigenvalue weighted by Gasteiger charge is 2.33. The average molecular weight is 641 g/mol. The number of carbonyl (C=O) groups is 1. The van der Waals surface area contributed by atoms with Crippen molar-refractivity contribution in [1.29, 1.82) is 0 Å². The number of hydrogen-bond donors (Lipinski definition) is 0. The molecule has 192 valence electrons. The Morgan fingerprint density at radius 2 is 1.81 bits per heavy atom. The van der Waals surface area contributed by atoms with E-state index in [2.05, 4.69) is 20.9 Å². The molecule has 0 aliphatic carbocycles. The van der Waals surface area contributed by atoms with Crippen molar-refractivity contribution < 1.29 is 14.3 Å². The van der Waals surface area contributed by atoms with E-state index in [9.17, 15) is 4.79 Å². The van der Waals surface area contributed by atoms with Crippen LogP contribution < -0.4 is 9.47 Å². The van der Waals surface area contributed by atoms with E-state index in [0.717, 1.165) is 23.2 Å². The fourth-order valence-electron chi connectivity index (χ4n) is 3.54. The number of hydrogen-bond acceptors (Lipinski definition) is 5. The van der Waals surface area contributed by atoms with Crippen LogP contribution in [0.1, 0.15) is 24.5 Å². The van der Waals surface area contributed by atoms with Gasteiger partial charge in [0, 0.05) is 11.6 Å². The Kier molecular flexibility index (Phi) is 9.48. The summed E-state index contributed by atoms with van der Waals surface area (Å²) in [5, 5.41) is 2.22. The van der Waals surface area contributed by atoms with Crippen LogP contribution in [0.4, 0.5) is 5.69 Å². The molecule has 0 N–H and O–H groups in total. The molecular weight excluding hydrogens is 619 g/mol. The van der Waals surface area contributed by atoms with Crippen molar-refractivity contribution in [3.63, 3.8) is 0 Å². The molecule has 4 rings (SSSR count). The van der Waals surface area contributed by atoms with Gasteiger partial charge in [-0.1, -0.05) is 47.8 Å². The lowest BCUT2D eigenvalue weighted by atomic mass is 10.1. The van der Waals surface area contributed by atoms with Gasteiger partial charge in [0.05, 0.1) is 32.2 Å². The molecule has 10 heteroatoms. The number of aliphatic imine (C=N–C) groups is 1. The van der Waals surface area contributed by atoms with Gasteiger partial charge in [0.1, 0.15) is 6.61 Å². The molecule has 0 saturated carbocycles. The van der Waals surface area contributed by atoms with Crippen LogP contribution in [0, 0.1) is 0 Å².